The minimum atomic E-state index is 0.127. The van der Waals surface area contributed by atoms with E-state index < -0.39 is 0 Å². The summed E-state index contributed by atoms with van der Waals surface area (Å²) in [5, 5.41) is 0. The SMILES string of the molecule is CS/C(C)=C/C(=O)C(C)C. The van der Waals surface area contributed by atoms with Gasteiger partial charge in [0.2, 0.25) is 0 Å². The van der Waals surface area contributed by atoms with Gasteiger partial charge in [-0.05, 0) is 24.2 Å². The van der Waals surface area contributed by atoms with Crippen LogP contribution >= 0.6 is 11.8 Å². The van der Waals surface area contributed by atoms with Crippen LogP contribution in [-0.2, 0) is 4.79 Å². The van der Waals surface area contributed by atoms with Gasteiger partial charge in [-0.1, -0.05) is 13.8 Å². The first-order chi connectivity index (χ1) is 4.57. The summed E-state index contributed by atoms with van der Waals surface area (Å²) < 4.78 is 0. The van der Waals surface area contributed by atoms with Crippen molar-refractivity contribution >= 4 is 17.5 Å². The minimum Gasteiger partial charge on any atom is -0.295 e. The highest BCUT2D eigenvalue weighted by molar-refractivity contribution is 8.02. The lowest BCUT2D eigenvalue weighted by Gasteiger charge is -1.98. The molecule has 2 heteroatoms. The Morgan fingerprint density at radius 3 is 2.30 bits per heavy atom. The molecule has 0 saturated heterocycles. The lowest BCUT2D eigenvalue weighted by molar-refractivity contribution is -0.117. The summed E-state index contributed by atoms with van der Waals surface area (Å²) in [5.74, 6) is 0.342. The van der Waals surface area contributed by atoms with E-state index in [4.69, 9.17) is 0 Å². The van der Waals surface area contributed by atoms with Crippen LogP contribution in [0.4, 0.5) is 0 Å². The third kappa shape index (κ3) is 3.72. The summed E-state index contributed by atoms with van der Waals surface area (Å²) in [6, 6.07) is 0. The van der Waals surface area contributed by atoms with Gasteiger partial charge in [-0.15, -0.1) is 11.8 Å². The van der Waals surface area contributed by atoms with Crippen molar-refractivity contribution in [3.05, 3.63) is 11.0 Å². The largest absolute Gasteiger partial charge is 0.295 e. The maximum atomic E-state index is 11.0. The van der Waals surface area contributed by atoms with Crippen molar-refractivity contribution < 1.29 is 4.79 Å². The molecule has 0 aliphatic carbocycles. The molecular weight excluding hydrogens is 144 g/mol. The van der Waals surface area contributed by atoms with Crippen LogP contribution in [0, 0.1) is 5.92 Å². The smallest absolute Gasteiger partial charge is 0.158 e. The second-order valence-corrected chi connectivity index (χ2v) is 3.57. The molecule has 0 N–H and O–H groups in total. The summed E-state index contributed by atoms with van der Waals surface area (Å²) in [7, 11) is 0. The van der Waals surface area contributed by atoms with Crippen LogP contribution in [0.25, 0.3) is 0 Å². The van der Waals surface area contributed by atoms with Gasteiger partial charge in [0, 0.05) is 5.92 Å². The number of rotatable bonds is 3. The lowest BCUT2D eigenvalue weighted by Crippen LogP contribution is -2.02. The summed E-state index contributed by atoms with van der Waals surface area (Å²) in [6.45, 7) is 5.77. The predicted octanol–water partition coefficient (Wildman–Crippen LogP) is 2.48. The third-order valence-corrected chi connectivity index (χ3v) is 2.00. The molecule has 0 amide bonds. The zero-order valence-corrected chi connectivity index (χ0v) is 7.79. The van der Waals surface area contributed by atoms with Gasteiger partial charge in [-0.2, -0.15) is 0 Å². The fourth-order valence-corrected chi connectivity index (χ4v) is 0.660. The number of carbonyl (C=O) groups excluding carboxylic acids is 1. The van der Waals surface area contributed by atoms with Gasteiger partial charge in [0.25, 0.3) is 0 Å². The lowest BCUT2D eigenvalue weighted by atomic mass is 10.1. The van der Waals surface area contributed by atoms with Crippen LogP contribution in [0.2, 0.25) is 0 Å². The normalized spacial score (nSPS) is 12.3. The van der Waals surface area contributed by atoms with E-state index in [1.807, 2.05) is 27.0 Å². The highest BCUT2D eigenvalue weighted by Crippen LogP contribution is 2.10. The molecule has 10 heavy (non-hydrogen) atoms. The number of thioether (sulfide) groups is 1. The van der Waals surface area contributed by atoms with Crippen molar-refractivity contribution in [2.24, 2.45) is 5.92 Å². The molecule has 0 fully saturated rings. The second-order valence-electron chi connectivity index (χ2n) is 2.52. The fourth-order valence-electron chi connectivity index (χ4n) is 0.426. The van der Waals surface area contributed by atoms with E-state index in [1.54, 1.807) is 17.8 Å². The highest BCUT2D eigenvalue weighted by atomic mass is 32.2. The Morgan fingerprint density at radius 2 is 2.00 bits per heavy atom. The standard InChI is InChI=1S/C8H14OS/c1-6(2)8(9)5-7(3)10-4/h5-6H,1-4H3/b7-5+. The van der Waals surface area contributed by atoms with E-state index in [0.717, 1.165) is 4.91 Å². The molecule has 0 heterocycles. The van der Waals surface area contributed by atoms with Crippen LogP contribution in [0.1, 0.15) is 20.8 Å². The monoisotopic (exact) mass is 158 g/mol. The Labute approximate surface area is 66.9 Å². The maximum absolute atomic E-state index is 11.0. The second kappa shape index (κ2) is 4.56. The number of ketones is 1. The van der Waals surface area contributed by atoms with Crippen LogP contribution in [0.3, 0.4) is 0 Å². The fraction of sp³-hybridized carbons (Fsp3) is 0.625. The number of carbonyl (C=O) groups is 1. The van der Waals surface area contributed by atoms with Gasteiger partial charge in [0.05, 0.1) is 0 Å². The van der Waals surface area contributed by atoms with E-state index in [9.17, 15) is 4.79 Å². The molecule has 0 aromatic heterocycles. The highest BCUT2D eigenvalue weighted by Gasteiger charge is 2.02. The first kappa shape index (κ1) is 9.76. The van der Waals surface area contributed by atoms with Crippen molar-refractivity contribution in [2.75, 3.05) is 6.26 Å². The van der Waals surface area contributed by atoms with E-state index in [2.05, 4.69) is 0 Å². The average molecular weight is 158 g/mol. The molecule has 0 rings (SSSR count). The Kier molecular flexibility index (Phi) is 4.45. The molecule has 0 aliphatic rings. The molecular formula is C8H14OS. The molecule has 0 bridgehead atoms. The van der Waals surface area contributed by atoms with Crippen molar-refractivity contribution in [1.82, 2.24) is 0 Å². The van der Waals surface area contributed by atoms with Gasteiger partial charge in [-0.3, -0.25) is 4.79 Å². The number of hydrogen-bond acceptors (Lipinski definition) is 2. The van der Waals surface area contributed by atoms with Crippen molar-refractivity contribution in [2.45, 2.75) is 20.8 Å². The third-order valence-electron chi connectivity index (χ3n) is 1.24. The molecule has 0 radical (unpaired) electrons. The topological polar surface area (TPSA) is 17.1 Å². The Morgan fingerprint density at radius 1 is 1.50 bits per heavy atom. The first-order valence-electron chi connectivity index (χ1n) is 3.34. The predicted molar refractivity (Wildman–Crippen MR) is 47.1 cm³/mol. The molecule has 0 atom stereocenters. The molecule has 1 nitrogen and oxygen atoms in total. The Bertz CT molecular complexity index is 147. The van der Waals surface area contributed by atoms with Crippen LogP contribution in [0.15, 0.2) is 11.0 Å². The molecule has 0 saturated carbocycles. The zero-order valence-electron chi connectivity index (χ0n) is 6.97. The molecule has 0 spiro atoms. The van der Waals surface area contributed by atoms with Gasteiger partial charge >= 0.3 is 0 Å². The molecule has 0 aliphatic heterocycles. The summed E-state index contributed by atoms with van der Waals surface area (Å²) in [5.41, 5.74) is 0. The maximum Gasteiger partial charge on any atom is 0.158 e. The van der Waals surface area contributed by atoms with Crippen molar-refractivity contribution in [1.29, 1.82) is 0 Å². The number of hydrogen-bond donors (Lipinski definition) is 0. The van der Waals surface area contributed by atoms with E-state index in [1.165, 1.54) is 0 Å². The molecule has 0 unspecified atom stereocenters. The van der Waals surface area contributed by atoms with Gasteiger partial charge in [0.15, 0.2) is 5.78 Å². The zero-order chi connectivity index (χ0) is 8.15. The molecule has 0 aromatic rings. The summed E-state index contributed by atoms with van der Waals surface area (Å²) in [6.07, 6.45) is 3.68. The molecule has 58 valence electrons. The first-order valence-corrected chi connectivity index (χ1v) is 4.56. The average Bonchev–Trinajstić information content (AvgIpc) is 1.87. The van der Waals surface area contributed by atoms with Gasteiger partial charge in [0.1, 0.15) is 0 Å². The summed E-state index contributed by atoms with van der Waals surface area (Å²) >= 11 is 1.61. The van der Waals surface area contributed by atoms with Crippen molar-refractivity contribution in [3.8, 4) is 0 Å². The Balaban J connectivity index is 4.00. The van der Waals surface area contributed by atoms with E-state index >= 15 is 0 Å². The van der Waals surface area contributed by atoms with Gasteiger partial charge in [-0.25, -0.2) is 0 Å². The van der Waals surface area contributed by atoms with Crippen LogP contribution < -0.4 is 0 Å². The van der Waals surface area contributed by atoms with Crippen molar-refractivity contribution in [3.63, 3.8) is 0 Å². The minimum absolute atomic E-state index is 0.127. The number of allylic oxidation sites excluding steroid dienone is 2. The quantitative estimate of drug-likeness (QED) is 0.587. The summed E-state index contributed by atoms with van der Waals surface area (Å²) in [4.78, 5) is 12.1. The van der Waals surface area contributed by atoms with E-state index in [0.29, 0.717) is 0 Å². The van der Waals surface area contributed by atoms with E-state index in [-0.39, 0.29) is 11.7 Å². The van der Waals surface area contributed by atoms with Crippen LogP contribution in [0.5, 0.6) is 0 Å². The molecule has 0 aromatic carbocycles. The Hall–Kier alpha value is -0.240. The van der Waals surface area contributed by atoms with Crippen LogP contribution in [-0.4, -0.2) is 12.0 Å². The van der Waals surface area contributed by atoms with Gasteiger partial charge < -0.3 is 0 Å².